The van der Waals surface area contributed by atoms with Crippen LogP contribution in [0.5, 0.6) is 0 Å². The number of alkyl halides is 1. The maximum atomic E-state index is 5.41. The molecule has 0 spiro atoms. The van der Waals surface area contributed by atoms with Crippen molar-refractivity contribution < 1.29 is 14.2 Å². The third-order valence-corrected chi connectivity index (χ3v) is 2.19. The number of ether oxygens (including phenoxy) is 3. The molecule has 0 rings (SSSR count). The van der Waals surface area contributed by atoms with Gasteiger partial charge in [-0.3, -0.25) is 0 Å². The van der Waals surface area contributed by atoms with Crippen molar-refractivity contribution in [3.8, 4) is 0 Å². The number of rotatable bonds is 7. The maximum absolute atomic E-state index is 5.41. The Morgan fingerprint density at radius 2 is 1.25 bits per heavy atom. The molecule has 12 heavy (non-hydrogen) atoms. The molecular weight excluding hydrogens is 271 g/mol. The van der Waals surface area contributed by atoms with Crippen molar-refractivity contribution in [2.75, 3.05) is 24.2 Å². The summed E-state index contributed by atoms with van der Waals surface area (Å²) in [6.45, 7) is 7.59. The second-order valence-electron chi connectivity index (χ2n) is 2.12. The van der Waals surface area contributed by atoms with Crippen molar-refractivity contribution in [3.63, 3.8) is 0 Å². The van der Waals surface area contributed by atoms with E-state index in [2.05, 4.69) is 22.6 Å². The minimum Gasteiger partial charge on any atom is -0.327 e. The lowest BCUT2D eigenvalue weighted by molar-refractivity contribution is -0.360. The summed E-state index contributed by atoms with van der Waals surface area (Å²) in [7, 11) is 0. The van der Waals surface area contributed by atoms with Crippen molar-refractivity contribution in [2.45, 2.75) is 26.7 Å². The molecule has 0 aliphatic heterocycles. The van der Waals surface area contributed by atoms with Crippen LogP contribution in [0.25, 0.3) is 0 Å². The quantitative estimate of drug-likeness (QED) is 0.408. The average molecular weight is 288 g/mol. The van der Waals surface area contributed by atoms with Crippen LogP contribution < -0.4 is 0 Å². The molecule has 0 saturated heterocycles. The first kappa shape index (κ1) is 12.6. The molecule has 0 aromatic rings. The summed E-state index contributed by atoms with van der Waals surface area (Å²) in [5.41, 5.74) is 0. The van der Waals surface area contributed by atoms with Gasteiger partial charge in [0, 0.05) is 19.8 Å². The molecule has 0 aromatic heterocycles. The summed E-state index contributed by atoms with van der Waals surface area (Å²) >= 11 is 2.20. The number of halogens is 1. The fourth-order valence-electron chi connectivity index (χ4n) is 0.900. The van der Waals surface area contributed by atoms with Gasteiger partial charge < -0.3 is 14.2 Å². The third kappa shape index (κ3) is 4.02. The van der Waals surface area contributed by atoms with Crippen LogP contribution in [-0.4, -0.2) is 30.2 Å². The molecule has 0 saturated carbocycles. The number of hydrogen-bond donors (Lipinski definition) is 0. The van der Waals surface area contributed by atoms with Gasteiger partial charge in [0.2, 0.25) is 0 Å². The summed E-state index contributed by atoms with van der Waals surface area (Å²) in [6.07, 6.45) is 0. The zero-order valence-electron chi connectivity index (χ0n) is 7.93. The largest absolute Gasteiger partial charge is 0.327 e. The van der Waals surface area contributed by atoms with E-state index < -0.39 is 5.97 Å². The van der Waals surface area contributed by atoms with Gasteiger partial charge in [0.25, 0.3) is 5.97 Å². The molecule has 0 aliphatic carbocycles. The average Bonchev–Trinajstić information content (AvgIpc) is 2.06. The standard InChI is InChI=1S/C8H17IO3/c1-4-10-8(7-9,11-5-2)12-6-3/h4-7H2,1-3H3. The molecule has 0 N–H and O–H groups in total. The Labute approximate surface area is 87.9 Å². The highest BCUT2D eigenvalue weighted by atomic mass is 127. The van der Waals surface area contributed by atoms with E-state index in [1.54, 1.807) is 0 Å². The fraction of sp³-hybridized carbons (Fsp3) is 1.00. The van der Waals surface area contributed by atoms with Crippen LogP contribution in [-0.2, 0) is 14.2 Å². The minimum atomic E-state index is -0.821. The molecule has 0 heterocycles. The first-order valence-electron chi connectivity index (χ1n) is 4.22. The van der Waals surface area contributed by atoms with Gasteiger partial charge in [-0.05, 0) is 20.8 Å². The molecule has 0 aromatic carbocycles. The second-order valence-corrected chi connectivity index (χ2v) is 2.88. The molecule has 0 aliphatic rings. The Bertz CT molecular complexity index is 91.5. The van der Waals surface area contributed by atoms with E-state index in [-0.39, 0.29) is 0 Å². The zero-order chi connectivity index (χ0) is 9.45. The summed E-state index contributed by atoms with van der Waals surface area (Å²) in [4.78, 5) is 0. The second kappa shape index (κ2) is 7.06. The van der Waals surface area contributed by atoms with Crippen LogP contribution >= 0.6 is 22.6 Å². The van der Waals surface area contributed by atoms with Crippen molar-refractivity contribution in [1.29, 1.82) is 0 Å². The molecule has 74 valence electrons. The normalized spacial score (nSPS) is 12.0. The minimum absolute atomic E-state index is 0.600. The molecular formula is C8H17IO3. The molecule has 0 amide bonds. The highest BCUT2D eigenvalue weighted by molar-refractivity contribution is 14.1. The Hall–Kier alpha value is 0.610. The Morgan fingerprint density at radius 1 is 0.917 bits per heavy atom. The molecule has 4 heteroatoms. The van der Waals surface area contributed by atoms with Crippen LogP contribution in [0.1, 0.15) is 20.8 Å². The van der Waals surface area contributed by atoms with Crippen molar-refractivity contribution in [3.05, 3.63) is 0 Å². The van der Waals surface area contributed by atoms with Gasteiger partial charge in [0.15, 0.2) is 0 Å². The lowest BCUT2D eigenvalue weighted by Gasteiger charge is -2.30. The Kier molecular flexibility index (Phi) is 7.41. The van der Waals surface area contributed by atoms with E-state index in [4.69, 9.17) is 14.2 Å². The summed E-state index contributed by atoms with van der Waals surface area (Å²) in [5.74, 6) is -0.821. The third-order valence-electron chi connectivity index (χ3n) is 1.26. The molecule has 0 fully saturated rings. The van der Waals surface area contributed by atoms with Crippen LogP contribution in [0.2, 0.25) is 0 Å². The summed E-state index contributed by atoms with van der Waals surface area (Å²) in [6, 6.07) is 0. The molecule has 0 bridgehead atoms. The maximum Gasteiger partial charge on any atom is 0.292 e. The van der Waals surface area contributed by atoms with E-state index in [0.29, 0.717) is 24.2 Å². The van der Waals surface area contributed by atoms with Gasteiger partial charge in [-0.1, -0.05) is 22.6 Å². The SMILES string of the molecule is CCOC(CI)(OCC)OCC. The van der Waals surface area contributed by atoms with E-state index >= 15 is 0 Å². The summed E-state index contributed by atoms with van der Waals surface area (Å²) < 4.78 is 16.9. The zero-order valence-corrected chi connectivity index (χ0v) is 10.1. The smallest absolute Gasteiger partial charge is 0.292 e. The Morgan fingerprint density at radius 3 is 1.42 bits per heavy atom. The van der Waals surface area contributed by atoms with Gasteiger partial charge in [0.1, 0.15) is 0 Å². The molecule has 0 unspecified atom stereocenters. The van der Waals surface area contributed by atoms with Crippen LogP contribution in [0.15, 0.2) is 0 Å². The first-order valence-corrected chi connectivity index (χ1v) is 5.75. The highest BCUT2D eigenvalue weighted by Crippen LogP contribution is 2.18. The van der Waals surface area contributed by atoms with Crippen LogP contribution in [0.4, 0.5) is 0 Å². The van der Waals surface area contributed by atoms with Gasteiger partial charge in [-0.15, -0.1) is 0 Å². The highest BCUT2D eigenvalue weighted by Gasteiger charge is 2.30. The fourth-order valence-corrected chi connectivity index (χ4v) is 1.56. The van der Waals surface area contributed by atoms with Gasteiger partial charge in [-0.2, -0.15) is 0 Å². The van der Waals surface area contributed by atoms with Crippen molar-refractivity contribution >= 4 is 22.6 Å². The molecule has 3 nitrogen and oxygen atoms in total. The molecule has 0 atom stereocenters. The van der Waals surface area contributed by atoms with Crippen LogP contribution in [0, 0.1) is 0 Å². The molecule has 0 radical (unpaired) electrons. The van der Waals surface area contributed by atoms with E-state index in [9.17, 15) is 0 Å². The topological polar surface area (TPSA) is 27.7 Å². The van der Waals surface area contributed by atoms with Gasteiger partial charge in [0.05, 0.1) is 4.43 Å². The number of hydrogen-bond acceptors (Lipinski definition) is 3. The predicted octanol–water partition coefficient (Wildman–Crippen LogP) is 2.18. The predicted molar refractivity (Wildman–Crippen MR) is 56.5 cm³/mol. The van der Waals surface area contributed by atoms with Crippen molar-refractivity contribution in [2.24, 2.45) is 0 Å². The van der Waals surface area contributed by atoms with Gasteiger partial charge >= 0.3 is 0 Å². The monoisotopic (exact) mass is 288 g/mol. The Balaban J connectivity index is 4.06. The van der Waals surface area contributed by atoms with Crippen LogP contribution in [0.3, 0.4) is 0 Å². The first-order chi connectivity index (χ1) is 5.74. The summed E-state index contributed by atoms with van der Waals surface area (Å²) in [5, 5.41) is 0. The van der Waals surface area contributed by atoms with E-state index in [1.165, 1.54) is 0 Å². The lowest BCUT2D eigenvalue weighted by atomic mass is 10.6. The van der Waals surface area contributed by atoms with E-state index in [1.807, 2.05) is 20.8 Å². The van der Waals surface area contributed by atoms with Crippen molar-refractivity contribution in [1.82, 2.24) is 0 Å². The van der Waals surface area contributed by atoms with E-state index in [0.717, 1.165) is 0 Å². The lowest BCUT2D eigenvalue weighted by Crippen LogP contribution is -2.41. The van der Waals surface area contributed by atoms with Gasteiger partial charge in [-0.25, -0.2) is 0 Å².